The van der Waals surface area contributed by atoms with E-state index in [1.807, 2.05) is 11.9 Å². The highest BCUT2D eigenvalue weighted by Crippen LogP contribution is 2.34. The van der Waals surface area contributed by atoms with E-state index in [-0.39, 0.29) is 11.7 Å². The van der Waals surface area contributed by atoms with E-state index in [0.29, 0.717) is 12.6 Å². The average Bonchev–Trinajstić information content (AvgIpc) is 2.44. The van der Waals surface area contributed by atoms with Gasteiger partial charge in [-0.25, -0.2) is 4.39 Å². The molecule has 0 amide bonds. The summed E-state index contributed by atoms with van der Waals surface area (Å²) in [6, 6.07) is 2.99. The van der Waals surface area contributed by atoms with Gasteiger partial charge in [-0.3, -0.25) is 0 Å². The van der Waals surface area contributed by atoms with Gasteiger partial charge in [-0.2, -0.15) is 13.2 Å². The summed E-state index contributed by atoms with van der Waals surface area (Å²) in [6.45, 7) is 1.50. The van der Waals surface area contributed by atoms with Crippen molar-refractivity contribution in [2.24, 2.45) is 0 Å². The fourth-order valence-electron chi connectivity index (χ4n) is 2.84. The van der Waals surface area contributed by atoms with Crippen LogP contribution in [-0.2, 0) is 6.18 Å². The molecule has 1 atom stereocenters. The number of piperidine rings is 1. The van der Waals surface area contributed by atoms with Crippen molar-refractivity contribution in [3.8, 4) is 0 Å². The summed E-state index contributed by atoms with van der Waals surface area (Å²) >= 11 is 0. The first-order chi connectivity index (χ1) is 9.93. The summed E-state index contributed by atoms with van der Waals surface area (Å²) in [7, 11) is 1.85. The Kier molecular flexibility index (Phi) is 5.08. The normalized spacial score (nSPS) is 19.9. The Labute approximate surface area is 122 Å². The maximum absolute atomic E-state index is 14.1. The summed E-state index contributed by atoms with van der Waals surface area (Å²) in [5, 5.41) is 3.06. The Morgan fingerprint density at radius 3 is 2.67 bits per heavy atom. The Bertz CT molecular complexity index is 473. The second-order valence-corrected chi connectivity index (χ2v) is 5.40. The number of halogens is 4. The van der Waals surface area contributed by atoms with E-state index in [9.17, 15) is 17.6 Å². The molecule has 2 nitrogen and oxygen atoms in total. The molecule has 0 radical (unpaired) electrons. The van der Waals surface area contributed by atoms with Crippen LogP contribution in [0.3, 0.4) is 0 Å². The molecule has 1 aliphatic rings. The lowest BCUT2D eigenvalue weighted by molar-refractivity contribution is -0.137. The van der Waals surface area contributed by atoms with Crippen LogP contribution in [0.25, 0.3) is 0 Å². The molecule has 118 valence electrons. The van der Waals surface area contributed by atoms with Gasteiger partial charge in [0.1, 0.15) is 5.82 Å². The molecule has 0 saturated carbocycles. The summed E-state index contributed by atoms with van der Waals surface area (Å²) in [6.07, 6.45) is -0.685. The van der Waals surface area contributed by atoms with Gasteiger partial charge < -0.3 is 10.2 Å². The number of nitrogens with zero attached hydrogens (tertiary/aromatic N) is 1. The average molecular weight is 304 g/mol. The summed E-state index contributed by atoms with van der Waals surface area (Å²) in [5.41, 5.74) is -0.656. The van der Waals surface area contributed by atoms with Gasteiger partial charge in [0.05, 0.1) is 11.3 Å². The Morgan fingerprint density at radius 2 is 2.05 bits per heavy atom. The zero-order chi connectivity index (χ0) is 15.5. The molecule has 1 aliphatic heterocycles. The van der Waals surface area contributed by atoms with E-state index < -0.39 is 17.6 Å². The third-order valence-corrected chi connectivity index (χ3v) is 3.94. The molecular weight excluding hydrogens is 284 g/mol. The van der Waals surface area contributed by atoms with Crippen molar-refractivity contribution in [2.45, 2.75) is 37.9 Å². The predicted molar refractivity (Wildman–Crippen MR) is 74.9 cm³/mol. The topological polar surface area (TPSA) is 15.3 Å². The third kappa shape index (κ3) is 3.87. The molecule has 1 saturated heterocycles. The number of nitrogens with one attached hydrogen (secondary N) is 1. The maximum Gasteiger partial charge on any atom is 0.416 e. The zero-order valence-corrected chi connectivity index (χ0v) is 12.0. The molecule has 1 fully saturated rings. The first-order valence-electron chi connectivity index (χ1n) is 7.21. The van der Waals surface area contributed by atoms with Gasteiger partial charge in [-0.1, -0.05) is 0 Å². The largest absolute Gasteiger partial charge is 0.416 e. The monoisotopic (exact) mass is 304 g/mol. The van der Waals surface area contributed by atoms with Crippen LogP contribution < -0.4 is 10.2 Å². The Balaban J connectivity index is 2.22. The van der Waals surface area contributed by atoms with Crippen molar-refractivity contribution in [2.75, 3.05) is 25.0 Å². The van der Waals surface area contributed by atoms with Crippen LogP contribution in [-0.4, -0.2) is 26.2 Å². The van der Waals surface area contributed by atoms with Crippen LogP contribution in [0.4, 0.5) is 23.2 Å². The lowest BCUT2D eigenvalue weighted by atomic mass is 9.98. The predicted octanol–water partition coefficient (Wildman–Crippen LogP) is 3.81. The minimum atomic E-state index is -4.51. The van der Waals surface area contributed by atoms with Crippen LogP contribution in [0.15, 0.2) is 18.2 Å². The van der Waals surface area contributed by atoms with Crippen molar-refractivity contribution in [3.63, 3.8) is 0 Å². The lowest BCUT2D eigenvalue weighted by Crippen LogP contribution is -2.41. The molecule has 1 aromatic carbocycles. The SMILES string of the molecule is CNCCC1CCCCN1c1ccc(C(F)(F)F)cc1F. The first-order valence-corrected chi connectivity index (χ1v) is 7.21. The zero-order valence-electron chi connectivity index (χ0n) is 12.0. The highest BCUT2D eigenvalue weighted by atomic mass is 19.4. The Hall–Kier alpha value is -1.30. The fraction of sp³-hybridized carbons (Fsp3) is 0.600. The summed E-state index contributed by atoms with van der Waals surface area (Å²) < 4.78 is 51.9. The van der Waals surface area contributed by atoms with Crippen molar-refractivity contribution >= 4 is 5.69 Å². The van der Waals surface area contributed by atoms with E-state index in [2.05, 4.69) is 5.32 Å². The molecular formula is C15H20F4N2. The van der Waals surface area contributed by atoms with E-state index in [0.717, 1.165) is 38.3 Å². The van der Waals surface area contributed by atoms with Gasteiger partial charge in [0.25, 0.3) is 0 Å². The third-order valence-electron chi connectivity index (χ3n) is 3.94. The van der Waals surface area contributed by atoms with E-state index in [1.54, 1.807) is 0 Å². The molecule has 1 aromatic rings. The van der Waals surface area contributed by atoms with Gasteiger partial charge in [0.15, 0.2) is 0 Å². The fourth-order valence-corrected chi connectivity index (χ4v) is 2.84. The van der Waals surface area contributed by atoms with Gasteiger partial charge in [-0.15, -0.1) is 0 Å². The van der Waals surface area contributed by atoms with Gasteiger partial charge >= 0.3 is 6.18 Å². The number of alkyl halides is 3. The number of benzene rings is 1. The van der Waals surface area contributed by atoms with Crippen LogP contribution >= 0.6 is 0 Å². The lowest BCUT2D eigenvalue weighted by Gasteiger charge is -2.38. The standard InChI is InChI=1S/C15H20F4N2/c1-20-8-7-12-4-2-3-9-21(12)14-6-5-11(10-13(14)16)15(17,18)19/h5-6,10,12,20H,2-4,7-9H2,1H3. The van der Waals surface area contributed by atoms with Gasteiger partial charge in [-0.05, 0) is 57.5 Å². The molecule has 0 aromatic heterocycles. The van der Waals surface area contributed by atoms with Crippen LogP contribution in [0.5, 0.6) is 0 Å². The second-order valence-electron chi connectivity index (χ2n) is 5.40. The number of anilines is 1. The van der Waals surface area contributed by atoms with E-state index in [1.165, 1.54) is 6.07 Å². The maximum atomic E-state index is 14.1. The van der Waals surface area contributed by atoms with Crippen LogP contribution in [0.1, 0.15) is 31.2 Å². The number of hydrogen-bond donors (Lipinski definition) is 1. The van der Waals surface area contributed by atoms with E-state index in [4.69, 9.17) is 0 Å². The molecule has 6 heteroatoms. The molecule has 0 spiro atoms. The highest BCUT2D eigenvalue weighted by Gasteiger charge is 2.32. The van der Waals surface area contributed by atoms with Gasteiger partial charge in [0, 0.05) is 12.6 Å². The molecule has 1 heterocycles. The molecule has 2 rings (SSSR count). The summed E-state index contributed by atoms with van der Waals surface area (Å²) in [4.78, 5) is 1.91. The smallest absolute Gasteiger partial charge is 0.366 e. The molecule has 0 aliphatic carbocycles. The van der Waals surface area contributed by atoms with Crippen LogP contribution in [0, 0.1) is 5.82 Å². The van der Waals surface area contributed by atoms with E-state index >= 15 is 0 Å². The van der Waals surface area contributed by atoms with Crippen molar-refractivity contribution in [3.05, 3.63) is 29.6 Å². The van der Waals surface area contributed by atoms with Gasteiger partial charge in [0.2, 0.25) is 0 Å². The quantitative estimate of drug-likeness (QED) is 0.851. The highest BCUT2D eigenvalue weighted by molar-refractivity contribution is 5.51. The first kappa shape index (κ1) is 16.1. The van der Waals surface area contributed by atoms with Crippen molar-refractivity contribution < 1.29 is 17.6 Å². The second kappa shape index (κ2) is 6.64. The number of rotatable bonds is 4. The molecule has 1 unspecified atom stereocenters. The molecule has 21 heavy (non-hydrogen) atoms. The Morgan fingerprint density at radius 1 is 1.29 bits per heavy atom. The number of hydrogen-bond acceptors (Lipinski definition) is 2. The minimum Gasteiger partial charge on any atom is -0.366 e. The van der Waals surface area contributed by atoms with Crippen LogP contribution in [0.2, 0.25) is 0 Å². The van der Waals surface area contributed by atoms with Crippen molar-refractivity contribution in [1.29, 1.82) is 0 Å². The minimum absolute atomic E-state index is 0.178. The molecule has 0 bridgehead atoms. The summed E-state index contributed by atoms with van der Waals surface area (Å²) in [5.74, 6) is -0.791. The van der Waals surface area contributed by atoms with Crippen molar-refractivity contribution in [1.82, 2.24) is 5.32 Å². The molecule has 1 N–H and O–H groups in total.